The van der Waals surface area contributed by atoms with Crippen LogP contribution in [-0.4, -0.2) is 75.4 Å². The second-order valence-corrected chi connectivity index (χ2v) is 5.58. The van der Waals surface area contributed by atoms with Gasteiger partial charge in [0.1, 0.15) is 0 Å². The number of hydrogen-bond acceptors (Lipinski definition) is 4. The minimum absolute atomic E-state index is 0.566. The normalized spacial score (nSPS) is 36.4. The average Bonchev–Trinajstić information content (AvgIpc) is 2.39. The van der Waals surface area contributed by atoms with E-state index < -0.39 is 0 Å². The molecule has 4 heteroatoms. The van der Waals surface area contributed by atoms with Gasteiger partial charge in [0.2, 0.25) is 0 Å². The molecule has 0 bridgehead atoms. The average molecular weight is 241 g/mol. The molecule has 0 saturated carbocycles. The molecule has 0 aromatic rings. The zero-order valence-corrected chi connectivity index (χ0v) is 11.5. The summed E-state index contributed by atoms with van der Waals surface area (Å²) in [6, 6.07) is 1.88. The Morgan fingerprint density at radius 3 is 2.82 bits per heavy atom. The maximum Gasteiger partial charge on any atom is 0.0637 e. The third kappa shape index (κ3) is 3.19. The lowest BCUT2D eigenvalue weighted by Gasteiger charge is -2.44. The standard InChI is InChI=1S/C13H27N3O/c1-14-12-6-8-17-10-13(12)16-7-4-5-11(9-16)15(2)3/h11-14H,4-10H2,1-3H3. The Bertz CT molecular complexity index is 235. The highest BCUT2D eigenvalue weighted by molar-refractivity contribution is 4.90. The number of likely N-dealkylation sites (tertiary alicyclic amines) is 1. The van der Waals surface area contributed by atoms with Gasteiger partial charge in [-0.2, -0.15) is 0 Å². The first-order valence-corrected chi connectivity index (χ1v) is 6.88. The van der Waals surface area contributed by atoms with Crippen LogP contribution in [0.1, 0.15) is 19.3 Å². The predicted octanol–water partition coefficient (Wildman–Crippen LogP) is 0.389. The summed E-state index contributed by atoms with van der Waals surface area (Å²) < 4.78 is 5.67. The van der Waals surface area contributed by atoms with E-state index in [9.17, 15) is 0 Å². The van der Waals surface area contributed by atoms with Gasteiger partial charge in [0.25, 0.3) is 0 Å². The van der Waals surface area contributed by atoms with Crippen LogP contribution >= 0.6 is 0 Å². The number of nitrogens with zero attached hydrogens (tertiary/aromatic N) is 2. The van der Waals surface area contributed by atoms with Crippen LogP contribution in [0.15, 0.2) is 0 Å². The van der Waals surface area contributed by atoms with Crippen LogP contribution in [0.3, 0.4) is 0 Å². The van der Waals surface area contributed by atoms with Crippen molar-refractivity contribution in [2.45, 2.75) is 37.4 Å². The number of ether oxygens (including phenoxy) is 1. The Morgan fingerprint density at radius 2 is 2.12 bits per heavy atom. The number of nitrogens with one attached hydrogen (secondary N) is 1. The maximum atomic E-state index is 5.67. The van der Waals surface area contributed by atoms with Gasteiger partial charge in [0.05, 0.1) is 6.61 Å². The molecule has 3 atom stereocenters. The van der Waals surface area contributed by atoms with Gasteiger partial charge in [-0.25, -0.2) is 0 Å². The lowest BCUT2D eigenvalue weighted by molar-refractivity contribution is -0.0193. The van der Waals surface area contributed by atoms with Crippen molar-refractivity contribution in [3.63, 3.8) is 0 Å². The van der Waals surface area contributed by atoms with Crippen molar-refractivity contribution < 1.29 is 4.74 Å². The smallest absolute Gasteiger partial charge is 0.0637 e. The largest absolute Gasteiger partial charge is 0.380 e. The van der Waals surface area contributed by atoms with Crippen molar-refractivity contribution in [3.05, 3.63) is 0 Å². The fourth-order valence-corrected chi connectivity index (χ4v) is 3.13. The summed E-state index contributed by atoms with van der Waals surface area (Å²) in [6.45, 7) is 4.23. The van der Waals surface area contributed by atoms with Crippen LogP contribution in [0.4, 0.5) is 0 Å². The number of likely N-dealkylation sites (N-methyl/N-ethyl adjacent to an activating group) is 2. The monoisotopic (exact) mass is 241 g/mol. The topological polar surface area (TPSA) is 27.7 Å². The number of piperidine rings is 1. The van der Waals surface area contributed by atoms with Gasteiger partial charge < -0.3 is 15.0 Å². The molecule has 0 aromatic heterocycles. The molecule has 1 N–H and O–H groups in total. The zero-order chi connectivity index (χ0) is 12.3. The third-order valence-electron chi connectivity index (χ3n) is 4.32. The lowest BCUT2D eigenvalue weighted by atomic mass is 9.97. The van der Waals surface area contributed by atoms with E-state index in [1.807, 2.05) is 0 Å². The van der Waals surface area contributed by atoms with Crippen molar-refractivity contribution in [2.75, 3.05) is 47.4 Å². The van der Waals surface area contributed by atoms with E-state index in [1.54, 1.807) is 0 Å². The second-order valence-electron chi connectivity index (χ2n) is 5.58. The van der Waals surface area contributed by atoms with E-state index in [-0.39, 0.29) is 0 Å². The zero-order valence-electron chi connectivity index (χ0n) is 11.5. The van der Waals surface area contributed by atoms with E-state index in [0.29, 0.717) is 18.1 Å². The fourth-order valence-electron chi connectivity index (χ4n) is 3.13. The van der Waals surface area contributed by atoms with Gasteiger partial charge in [-0.15, -0.1) is 0 Å². The molecule has 2 heterocycles. The van der Waals surface area contributed by atoms with Gasteiger partial charge in [-0.1, -0.05) is 0 Å². The molecule has 2 aliphatic rings. The van der Waals surface area contributed by atoms with Gasteiger partial charge in [0, 0.05) is 31.3 Å². The molecule has 0 amide bonds. The van der Waals surface area contributed by atoms with E-state index in [4.69, 9.17) is 4.74 Å². The van der Waals surface area contributed by atoms with Crippen LogP contribution in [-0.2, 0) is 4.74 Å². The molecule has 0 aliphatic carbocycles. The Labute approximate surface area is 105 Å². The maximum absolute atomic E-state index is 5.67. The van der Waals surface area contributed by atoms with Crippen LogP contribution < -0.4 is 5.32 Å². The van der Waals surface area contributed by atoms with Crippen molar-refractivity contribution in [1.29, 1.82) is 0 Å². The van der Waals surface area contributed by atoms with Crippen molar-refractivity contribution in [1.82, 2.24) is 15.1 Å². The van der Waals surface area contributed by atoms with E-state index in [1.165, 1.54) is 25.9 Å². The number of rotatable bonds is 3. The highest BCUT2D eigenvalue weighted by Gasteiger charge is 2.33. The molecule has 17 heavy (non-hydrogen) atoms. The van der Waals surface area contributed by atoms with Gasteiger partial charge in [-0.05, 0) is 47.0 Å². The minimum Gasteiger partial charge on any atom is -0.380 e. The van der Waals surface area contributed by atoms with E-state index in [2.05, 4.69) is 36.3 Å². The lowest BCUT2D eigenvalue weighted by Crippen LogP contribution is -2.58. The third-order valence-corrected chi connectivity index (χ3v) is 4.32. The Morgan fingerprint density at radius 1 is 1.29 bits per heavy atom. The van der Waals surface area contributed by atoms with Gasteiger partial charge >= 0.3 is 0 Å². The predicted molar refractivity (Wildman–Crippen MR) is 70.4 cm³/mol. The molecule has 3 unspecified atom stereocenters. The highest BCUT2D eigenvalue weighted by atomic mass is 16.5. The Kier molecular flexibility index (Phi) is 4.79. The fraction of sp³-hybridized carbons (Fsp3) is 1.00. The molecule has 2 aliphatic heterocycles. The van der Waals surface area contributed by atoms with Crippen molar-refractivity contribution in [2.24, 2.45) is 0 Å². The summed E-state index contributed by atoms with van der Waals surface area (Å²) in [5.41, 5.74) is 0. The van der Waals surface area contributed by atoms with E-state index in [0.717, 1.165) is 19.6 Å². The summed E-state index contributed by atoms with van der Waals surface area (Å²) in [5.74, 6) is 0. The molecule has 0 aromatic carbocycles. The summed E-state index contributed by atoms with van der Waals surface area (Å²) in [7, 11) is 6.47. The molecule has 2 saturated heterocycles. The Hall–Kier alpha value is -0.160. The number of hydrogen-bond donors (Lipinski definition) is 1. The van der Waals surface area contributed by atoms with Crippen LogP contribution in [0, 0.1) is 0 Å². The summed E-state index contributed by atoms with van der Waals surface area (Å²) in [4.78, 5) is 5.00. The molecule has 4 nitrogen and oxygen atoms in total. The van der Waals surface area contributed by atoms with Crippen molar-refractivity contribution >= 4 is 0 Å². The molecule has 0 spiro atoms. The molecule has 2 fully saturated rings. The van der Waals surface area contributed by atoms with Crippen LogP contribution in [0.25, 0.3) is 0 Å². The molecule has 0 radical (unpaired) electrons. The van der Waals surface area contributed by atoms with Crippen molar-refractivity contribution in [3.8, 4) is 0 Å². The Balaban J connectivity index is 1.95. The van der Waals surface area contributed by atoms with Crippen LogP contribution in [0.2, 0.25) is 0 Å². The van der Waals surface area contributed by atoms with Gasteiger partial charge in [-0.3, -0.25) is 4.90 Å². The summed E-state index contributed by atoms with van der Waals surface area (Å²) in [5, 5.41) is 3.46. The quantitative estimate of drug-likeness (QED) is 0.773. The first kappa shape index (κ1) is 13.3. The first-order valence-electron chi connectivity index (χ1n) is 6.88. The molecule has 100 valence electrons. The minimum atomic E-state index is 0.566. The highest BCUT2D eigenvalue weighted by Crippen LogP contribution is 2.21. The summed E-state index contributed by atoms with van der Waals surface area (Å²) in [6.07, 6.45) is 3.79. The molecular weight excluding hydrogens is 214 g/mol. The molecule has 2 rings (SSSR count). The molecular formula is C13H27N3O. The SMILES string of the molecule is CNC1CCOCC1N1CCCC(N(C)C)C1. The van der Waals surface area contributed by atoms with Gasteiger partial charge in [0.15, 0.2) is 0 Å². The second kappa shape index (κ2) is 6.14. The first-order chi connectivity index (χ1) is 8.22. The van der Waals surface area contributed by atoms with Crippen LogP contribution in [0.5, 0.6) is 0 Å². The van der Waals surface area contributed by atoms with E-state index >= 15 is 0 Å². The summed E-state index contributed by atoms with van der Waals surface area (Å²) >= 11 is 0.